The molecule has 1 amide bonds. The van der Waals surface area contributed by atoms with Gasteiger partial charge < -0.3 is 10.2 Å². The third-order valence-electron chi connectivity index (χ3n) is 3.71. The maximum Gasteiger partial charge on any atom is 0.244 e. The van der Waals surface area contributed by atoms with Gasteiger partial charge in [-0.3, -0.25) is 9.69 Å². The van der Waals surface area contributed by atoms with Gasteiger partial charge in [-0.1, -0.05) is 17.7 Å². The van der Waals surface area contributed by atoms with Gasteiger partial charge in [-0.25, -0.2) is 4.39 Å². The Morgan fingerprint density at radius 2 is 2.24 bits per heavy atom. The summed E-state index contributed by atoms with van der Waals surface area (Å²) in [5, 5.41) is 3.62. The average Bonchev–Trinajstić information content (AvgIpc) is 2.42. The normalized spacial score (nSPS) is 21.1. The van der Waals surface area contributed by atoms with Crippen molar-refractivity contribution in [3.05, 3.63) is 34.6 Å². The summed E-state index contributed by atoms with van der Waals surface area (Å²) in [5.74, 6) is -0.593. The molecule has 0 radical (unpaired) electrons. The fourth-order valence-electron chi connectivity index (χ4n) is 2.68. The van der Waals surface area contributed by atoms with E-state index in [1.54, 1.807) is 26.2 Å². The van der Waals surface area contributed by atoms with Gasteiger partial charge in [0, 0.05) is 50.4 Å². The van der Waals surface area contributed by atoms with Crippen LogP contribution in [0, 0.1) is 5.82 Å². The second-order valence-electron chi connectivity index (χ2n) is 5.62. The van der Waals surface area contributed by atoms with Crippen molar-refractivity contribution in [1.29, 1.82) is 0 Å². The van der Waals surface area contributed by atoms with Crippen molar-refractivity contribution in [3.8, 4) is 0 Å². The number of rotatable bonds is 3. The average molecular weight is 314 g/mol. The lowest BCUT2D eigenvalue weighted by molar-refractivity contribution is -0.135. The topological polar surface area (TPSA) is 35.6 Å². The third kappa shape index (κ3) is 3.54. The highest BCUT2D eigenvalue weighted by Crippen LogP contribution is 2.31. The van der Waals surface area contributed by atoms with Gasteiger partial charge in [0.2, 0.25) is 5.91 Å². The van der Waals surface area contributed by atoms with Crippen LogP contribution in [0.25, 0.3) is 0 Å². The number of amides is 1. The van der Waals surface area contributed by atoms with Crippen LogP contribution in [0.5, 0.6) is 0 Å². The molecule has 1 saturated heterocycles. The summed E-state index contributed by atoms with van der Waals surface area (Å²) in [6, 6.07) is 4.10. The smallest absolute Gasteiger partial charge is 0.244 e. The monoisotopic (exact) mass is 313 g/mol. The highest BCUT2D eigenvalue weighted by Gasteiger charge is 2.34. The highest BCUT2D eigenvalue weighted by atomic mass is 35.5. The molecule has 2 atom stereocenters. The number of piperazine rings is 1. The van der Waals surface area contributed by atoms with Crippen LogP contribution in [0.4, 0.5) is 4.39 Å². The van der Waals surface area contributed by atoms with Crippen LogP contribution < -0.4 is 5.32 Å². The standard InChI is InChI=1S/C15H21ClFN3O/c1-10-9-20(8-7-18-10)14(15(21)19(2)3)13-11(16)5-4-6-12(13)17/h4-6,10,14,18H,7-9H2,1-3H3. The van der Waals surface area contributed by atoms with Crippen LogP contribution in [0.15, 0.2) is 18.2 Å². The van der Waals surface area contributed by atoms with E-state index < -0.39 is 11.9 Å². The van der Waals surface area contributed by atoms with Gasteiger partial charge in [-0.2, -0.15) is 0 Å². The quantitative estimate of drug-likeness (QED) is 0.926. The number of carbonyl (C=O) groups is 1. The zero-order valence-electron chi connectivity index (χ0n) is 12.6. The van der Waals surface area contributed by atoms with Crippen LogP contribution in [-0.2, 0) is 4.79 Å². The summed E-state index contributed by atoms with van der Waals surface area (Å²) < 4.78 is 14.3. The van der Waals surface area contributed by atoms with Crippen molar-refractivity contribution >= 4 is 17.5 Å². The molecule has 2 rings (SSSR count). The molecule has 116 valence electrons. The summed E-state index contributed by atoms with van der Waals surface area (Å²) >= 11 is 6.18. The third-order valence-corrected chi connectivity index (χ3v) is 4.04. The highest BCUT2D eigenvalue weighted by molar-refractivity contribution is 6.31. The van der Waals surface area contributed by atoms with Crippen LogP contribution in [0.3, 0.4) is 0 Å². The zero-order valence-corrected chi connectivity index (χ0v) is 13.3. The first-order valence-electron chi connectivity index (χ1n) is 7.04. The first kappa shape index (κ1) is 16.2. The van der Waals surface area contributed by atoms with Gasteiger partial charge in [-0.15, -0.1) is 0 Å². The van der Waals surface area contributed by atoms with Gasteiger partial charge in [0.25, 0.3) is 0 Å². The zero-order chi connectivity index (χ0) is 15.6. The van der Waals surface area contributed by atoms with Gasteiger partial charge in [0.15, 0.2) is 0 Å². The number of hydrogen-bond donors (Lipinski definition) is 1. The number of hydrogen-bond acceptors (Lipinski definition) is 3. The van der Waals surface area contributed by atoms with Crippen molar-refractivity contribution in [2.75, 3.05) is 33.7 Å². The van der Waals surface area contributed by atoms with E-state index in [2.05, 4.69) is 5.32 Å². The van der Waals surface area contributed by atoms with Gasteiger partial charge in [0.05, 0.1) is 0 Å². The summed E-state index contributed by atoms with van der Waals surface area (Å²) in [7, 11) is 3.35. The largest absolute Gasteiger partial charge is 0.347 e. The van der Waals surface area contributed by atoms with Crippen LogP contribution in [0.2, 0.25) is 5.02 Å². The van der Waals surface area contributed by atoms with E-state index >= 15 is 0 Å². The molecule has 1 aromatic carbocycles. The van der Waals surface area contributed by atoms with Gasteiger partial charge in [0.1, 0.15) is 11.9 Å². The molecule has 1 heterocycles. The SMILES string of the molecule is CC1CN(C(C(=O)N(C)C)c2c(F)cccc2Cl)CCN1. The lowest BCUT2D eigenvalue weighted by Crippen LogP contribution is -2.53. The van der Waals surface area contributed by atoms with E-state index in [0.29, 0.717) is 18.1 Å². The molecule has 0 aromatic heterocycles. The molecule has 1 aliphatic rings. The number of carbonyl (C=O) groups excluding carboxylic acids is 1. The van der Waals surface area contributed by atoms with Crippen LogP contribution >= 0.6 is 11.6 Å². The second kappa shape index (κ2) is 6.73. The van der Waals surface area contributed by atoms with E-state index in [1.807, 2.05) is 11.8 Å². The molecule has 6 heteroatoms. The Morgan fingerprint density at radius 3 is 2.81 bits per heavy atom. The predicted octanol–water partition coefficient (Wildman–Crippen LogP) is 1.90. The molecule has 4 nitrogen and oxygen atoms in total. The fourth-order valence-corrected chi connectivity index (χ4v) is 2.94. The Morgan fingerprint density at radius 1 is 1.52 bits per heavy atom. The van der Waals surface area contributed by atoms with Crippen LogP contribution in [0.1, 0.15) is 18.5 Å². The number of nitrogens with zero attached hydrogens (tertiary/aromatic N) is 2. The van der Waals surface area contributed by atoms with E-state index in [4.69, 9.17) is 11.6 Å². The Balaban J connectivity index is 2.43. The number of benzene rings is 1. The van der Waals surface area contributed by atoms with E-state index in [0.717, 1.165) is 6.54 Å². The molecular formula is C15H21ClFN3O. The first-order chi connectivity index (χ1) is 9.91. The number of halogens is 2. The molecule has 0 bridgehead atoms. The first-order valence-corrected chi connectivity index (χ1v) is 7.42. The maximum atomic E-state index is 14.3. The molecule has 1 N–H and O–H groups in total. The molecule has 1 fully saturated rings. The molecule has 21 heavy (non-hydrogen) atoms. The summed E-state index contributed by atoms with van der Waals surface area (Å²) in [4.78, 5) is 16.1. The Bertz CT molecular complexity index is 503. The molecule has 0 saturated carbocycles. The Labute approximate surface area is 129 Å². The van der Waals surface area contributed by atoms with Gasteiger partial charge in [-0.05, 0) is 19.1 Å². The molecule has 2 unspecified atom stereocenters. The minimum Gasteiger partial charge on any atom is -0.347 e. The lowest BCUT2D eigenvalue weighted by atomic mass is 10.0. The van der Waals surface area contributed by atoms with E-state index in [9.17, 15) is 9.18 Å². The van der Waals surface area contributed by atoms with Crippen LogP contribution in [-0.4, -0.2) is 55.5 Å². The number of nitrogens with one attached hydrogen (secondary N) is 1. The molecular weight excluding hydrogens is 293 g/mol. The minimum absolute atomic E-state index is 0.156. The van der Waals surface area contributed by atoms with Gasteiger partial charge >= 0.3 is 0 Å². The van der Waals surface area contributed by atoms with Crippen molar-refractivity contribution < 1.29 is 9.18 Å². The summed E-state index contributed by atoms with van der Waals surface area (Å²) in [5.41, 5.74) is 0.270. The Hall–Kier alpha value is -1.17. The maximum absolute atomic E-state index is 14.3. The lowest BCUT2D eigenvalue weighted by Gasteiger charge is -2.38. The Kier molecular flexibility index (Phi) is 5.19. The minimum atomic E-state index is -0.682. The molecule has 1 aromatic rings. The molecule has 1 aliphatic heterocycles. The van der Waals surface area contributed by atoms with Crippen molar-refractivity contribution in [1.82, 2.24) is 15.1 Å². The van der Waals surface area contributed by atoms with E-state index in [-0.39, 0.29) is 17.5 Å². The predicted molar refractivity (Wildman–Crippen MR) is 81.9 cm³/mol. The molecule has 0 spiro atoms. The van der Waals surface area contributed by atoms with Crippen molar-refractivity contribution in [3.63, 3.8) is 0 Å². The fraction of sp³-hybridized carbons (Fsp3) is 0.533. The van der Waals surface area contributed by atoms with Crippen molar-refractivity contribution in [2.45, 2.75) is 19.0 Å². The van der Waals surface area contributed by atoms with E-state index in [1.165, 1.54) is 11.0 Å². The van der Waals surface area contributed by atoms with Crippen molar-refractivity contribution in [2.24, 2.45) is 0 Å². The number of likely N-dealkylation sites (N-methyl/N-ethyl adjacent to an activating group) is 1. The summed E-state index contributed by atoms with van der Waals surface area (Å²) in [6.07, 6.45) is 0. The molecule has 0 aliphatic carbocycles. The second-order valence-corrected chi connectivity index (χ2v) is 6.03. The summed E-state index contributed by atoms with van der Waals surface area (Å²) in [6.45, 7) is 4.17.